The van der Waals surface area contributed by atoms with Crippen LogP contribution in [0.1, 0.15) is 38.3 Å². The highest BCUT2D eigenvalue weighted by Crippen LogP contribution is 2.40. The van der Waals surface area contributed by atoms with Gasteiger partial charge in [0.15, 0.2) is 5.11 Å². The maximum Gasteiger partial charge on any atom is 0.166 e. The van der Waals surface area contributed by atoms with E-state index in [1.54, 1.807) is 0 Å². The van der Waals surface area contributed by atoms with Crippen LogP contribution in [-0.4, -0.2) is 11.2 Å². The average Bonchev–Trinajstić information content (AvgIpc) is 3.10. The number of hydrogen-bond acceptors (Lipinski definition) is 1. The van der Waals surface area contributed by atoms with Crippen LogP contribution in [0.4, 0.5) is 0 Å². The van der Waals surface area contributed by atoms with Crippen molar-refractivity contribution in [2.75, 3.05) is 0 Å². The summed E-state index contributed by atoms with van der Waals surface area (Å²) in [4.78, 5) is 0. The van der Waals surface area contributed by atoms with Gasteiger partial charge in [0.05, 0.1) is 6.04 Å². The zero-order valence-corrected chi connectivity index (χ0v) is 11.3. The van der Waals surface area contributed by atoms with Crippen molar-refractivity contribution in [3.63, 3.8) is 0 Å². The third kappa shape index (κ3) is 3.70. The van der Waals surface area contributed by atoms with Crippen LogP contribution in [-0.2, 0) is 0 Å². The molecule has 1 aromatic rings. The summed E-state index contributed by atoms with van der Waals surface area (Å²) in [5, 5.41) is 7.46. The number of nitrogens with one attached hydrogen (secondary N) is 2. The first kappa shape index (κ1) is 12.4. The van der Waals surface area contributed by atoms with E-state index in [4.69, 9.17) is 12.2 Å². The standard InChI is InChI=1S/C14H20N2S/c1-10(2)15-14(17)16-13(12-8-9-12)11-6-4-3-5-7-11/h3-7,10,12-13H,8-9H2,1-2H3,(H2,15,16,17). The minimum Gasteiger partial charge on any atom is -0.361 e. The Morgan fingerprint density at radius 1 is 1.18 bits per heavy atom. The van der Waals surface area contributed by atoms with Gasteiger partial charge in [0.1, 0.15) is 0 Å². The largest absolute Gasteiger partial charge is 0.361 e. The fraction of sp³-hybridized carbons (Fsp3) is 0.500. The third-order valence-electron chi connectivity index (χ3n) is 2.96. The van der Waals surface area contributed by atoms with Crippen LogP contribution in [0.5, 0.6) is 0 Å². The normalized spacial score (nSPS) is 16.6. The molecular formula is C14H20N2S. The Bertz CT molecular complexity index is 371. The van der Waals surface area contributed by atoms with Gasteiger partial charge >= 0.3 is 0 Å². The van der Waals surface area contributed by atoms with E-state index >= 15 is 0 Å². The monoisotopic (exact) mass is 248 g/mol. The average molecular weight is 248 g/mol. The molecule has 1 unspecified atom stereocenters. The van der Waals surface area contributed by atoms with Gasteiger partial charge < -0.3 is 10.6 Å². The minimum atomic E-state index is 0.370. The van der Waals surface area contributed by atoms with Gasteiger partial charge in [-0.1, -0.05) is 30.3 Å². The Morgan fingerprint density at radius 2 is 1.82 bits per heavy atom. The van der Waals surface area contributed by atoms with Crippen molar-refractivity contribution in [1.29, 1.82) is 0 Å². The molecule has 0 radical (unpaired) electrons. The zero-order valence-electron chi connectivity index (χ0n) is 10.4. The highest BCUT2D eigenvalue weighted by atomic mass is 32.1. The van der Waals surface area contributed by atoms with E-state index in [-0.39, 0.29) is 0 Å². The van der Waals surface area contributed by atoms with Crippen LogP contribution in [0.3, 0.4) is 0 Å². The lowest BCUT2D eigenvalue weighted by Crippen LogP contribution is -2.41. The van der Waals surface area contributed by atoms with Gasteiger partial charge in [-0.05, 0) is 50.4 Å². The number of hydrogen-bond donors (Lipinski definition) is 2. The van der Waals surface area contributed by atoms with Gasteiger partial charge in [0.2, 0.25) is 0 Å². The van der Waals surface area contributed by atoms with Crippen LogP contribution in [0.25, 0.3) is 0 Å². The van der Waals surface area contributed by atoms with Crippen LogP contribution < -0.4 is 10.6 Å². The van der Waals surface area contributed by atoms with Crippen LogP contribution >= 0.6 is 12.2 Å². The molecule has 1 aliphatic carbocycles. The molecule has 2 N–H and O–H groups in total. The lowest BCUT2D eigenvalue weighted by Gasteiger charge is -2.22. The summed E-state index contributed by atoms with van der Waals surface area (Å²) in [6, 6.07) is 11.3. The summed E-state index contributed by atoms with van der Waals surface area (Å²) in [6.45, 7) is 4.20. The fourth-order valence-electron chi connectivity index (χ4n) is 2.01. The van der Waals surface area contributed by atoms with Gasteiger partial charge in [-0.2, -0.15) is 0 Å². The summed E-state index contributed by atoms with van der Waals surface area (Å²) in [5.74, 6) is 0.740. The Morgan fingerprint density at radius 3 is 2.35 bits per heavy atom. The van der Waals surface area contributed by atoms with Crippen LogP contribution in [0, 0.1) is 5.92 Å². The smallest absolute Gasteiger partial charge is 0.166 e. The Balaban J connectivity index is 2.01. The lowest BCUT2D eigenvalue weighted by molar-refractivity contribution is 0.558. The van der Waals surface area contributed by atoms with E-state index in [2.05, 4.69) is 54.8 Å². The Labute approximate surface area is 109 Å². The first-order chi connectivity index (χ1) is 8.16. The van der Waals surface area contributed by atoms with Gasteiger partial charge in [-0.15, -0.1) is 0 Å². The maximum absolute atomic E-state index is 5.33. The van der Waals surface area contributed by atoms with Crippen molar-refractivity contribution < 1.29 is 0 Å². The highest BCUT2D eigenvalue weighted by molar-refractivity contribution is 7.80. The molecule has 2 nitrogen and oxygen atoms in total. The van der Waals surface area contributed by atoms with Crippen molar-refractivity contribution >= 4 is 17.3 Å². The summed E-state index contributed by atoms with van der Waals surface area (Å²) in [5.41, 5.74) is 1.34. The third-order valence-corrected chi connectivity index (χ3v) is 3.19. The fourth-order valence-corrected chi connectivity index (χ4v) is 2.37. The quantitative estimate of drug-likeness (QED) is 0.801. The number of benzene rings is 1. The number of thiocarbonyl (C=S) groups is 1. The molecule has 3 heteroatoms. The molecule has 0 spiro atoms. The van der Waals surface area contributed by atoms with Gasteiger partial charge in [0, 0.05) is 6.04 Å². The molecule has 0 saturated heterocycles. The van der Waals surface area contributed by atoms with Crippen LogP contribution in [0.15, 0.2) is 30.3 Å². The minimum absolute atomic E-state index is 0.370. The van der Waals surface area contributed by atoms with E-state index < -0.39 is 0 Å². The first-order valence-corrected chi connectivity index (χ1v) is 6.69. The molecule has 0 aliphatic heterocycles. The second-order valence-electron chi connectivity index (χ2n) is 5.00. The highest BCUT2D eigenvalue weighted by Gasteiger charge is 2.32. The molecule has 0 heterocycles. The second-order valence-corrected chi connectivity index (χ2v) is 5.41. The lowest BCUT2D eigenvalue weighted by atomic mass is 10.0. The molecule has 17 heavy (non-hydrogen) atoms. The summed E-state index contributed by atoms with van der Waals surface area (Å²) < 4.78 is 0. The SMILES string of the molecule is CC(C)NC(=S)NC(c1ccccc1)C1CC1. The van der Waals surface area contributed by atoms with Crippen LogP contribution in [0.2, 0.25) is 0 Å². The summed E-state index contributed by atoms with van der Waals surface area (Å²) >= 11 is 5.33. The van der Waals surface area contributed by atoms with E-state index in [0.29, 0.717) is 12.1 Å². The van der Waals surface area contributed by atoms with E-state index in [1.807, 2.05) is 0 Å². The molecule has 0 amide bonds. The molecule has 1 aliphatic rings. The van der Waals surface area contributed by atoms with Crippen molar-refractivity contribution in [2.45, 2.75) is 38.8 Å². The van der Waals surface area contributed by atoms with Gasteiger partial charge in [-0.3, -0.25) is 0 Å². The maximum atomic E-state index is 5.33. The molecule has 0 bridgehead atoms. The molecule has 2 rings (SSSR count). The molecule has 1 saturated carbocycles. The molecule has 0 aromatic heterocycles. The molecule has 1 fully saturated rings. The molecule has 92 valence electrons. The summed E-state index contributed by atoms with van der Waals surface area (Å²) in [6.07, 6.45) is 2.60. The Kier molecular flexibility index (Phi) is 4.00. The predicted octanol–water partition coefficient (Wildman–Crippen LogP) is 3.01. The Hall–Kier alpha value is -1.09. The van der Waals surface area contributed by atoms with E-state index in [9.17, 15) is 0 Å². The molecule has 1 atom stereocenters. The molecular weight excluding hydrogens is 228 g/mol. The van der Waals surface area contributed by atoms with Crippen molar-refractivity contribution in [1.82, 2.24) is 10.6 Å². The van der Waals surface area contributed by atoms with Gasteiger partial charge in [0.25, 0.3) is 0 Å². The summed E-state index contributed by atoms with van der Waals surface area (Å²) in [7, 11) is 0. The van der Waals surface area contributed by atoms with Gasteiger partial charge in [-0.25, -0.2) is 0 Å². The van der Waals surface area contributed by atoms with Crippen molar-refractivity contribution in [3.05, 3.63) is 35.9 Å². The first-order valence-electron chi connectivity index (χ1n) is 6.29. The topological polar surface area (TPSA) is 24.1 Å². The van der Waals surface area contributed by atoms with Crippen molar-refractivity contribution in [3.8, 4) is 0 Å². The molecule has 1 aromatic carbocycles. The van der Waals surface area contributed by atoms with Crippen molar-refractivity contribution in [2.24, 2.45) is 5.92 Å². The second kappa shape index (κ2) is 5.50. The number of rotatable bonds is 4. The zero-order chi connectivity index (χ0) is 12.3. The predicted molar refractivity (Wildman–Crippen MR) is 75.9 cm³/mol. The van der Waals surface area contributed by atoms with E-state index in [0.717, 1.165) is 11.0 Å². The van der Waals surface area contributed by atoms with E-state index in [1.165, 1.54) is 18.4 Å².